The van der Waals surface area contributed by atoms with Crippen LogP contribution in [0.5, 0.6) is 0 Å². The fraction of sp³-hybridized carbons (Fsp3) is 0.800. The minimum absolute atomic E-state index is 0.0987. The Kier molecular flexibility index (Phi) is 7.81. The lowest BCUT2D eigenvalue weighted by Gasteiger charge is -2.29. The fourth-order valence-corrected chi connectivity index (χ4v) is 3.81. The third kappa shape index (κ3) is 6.16. The van der Waals surface area contributed by atoms with Crippen molar-refractivity contribution in [3.05, 3.63) is 12.2 Å². The van der Waals surface area contributed by atoms with Crippen molar-refractivity contribution in [1.29, 1.82) is 0 Å². The Balaban J connectivity index is 4.23. The van der Waals surface area contributed by atoms with Gasteiger partial charge in [-0.15, -0.1) is 0 Å². The fourth-order valence-electron chi connectivity index (χ4n) is 1.55. The standard InChI is InChI=1S/C10H23NO7P2/c1-9(2)8-11-7-5-3-4-6-10(12,19(13,14)15)20(16,17)18/h11-12H,1,3-8H2,2H3,(H2,13,14,15)(H2,16,17,18). The Morgan fingerprint density at radius 2 is 1.60 bits per heavy atom. The molecule has 0 amide bonds. The molecule has 20 heavy (non-hydrogen) atoms. The lowest BCUT2D eigenvalue weighted by Crippen LogP contribution is -2.28. The number of unbranched alkanes of at least 4 members (excludes halogenated alkanes) is 2. The number of rotatable bonds is 10. The first-order valence-corrected chi connectivity index (χ1v) is 9.33. The predicted molar refractivity (Wildman–Crippen MR) is 75.2 cm³/mol. The molecular weight excluding hydrogens is 308 g/mol. The predicted octanol–water partition coefficient (Wildman–Crippen LogP) is 0.714. The molecule has 0 aromatic rings. The van der Waals surface area contributed by atoms with Gasteiger partial charge in [0.1, 0.15) is 0 Å². The van der Waals surface area contributed by atoms with E-state index in [0.29, 0.717) is 25.9 Å². The molecule has 10 heteroatoms. The molecule has 0 atom stereocenters. The highest BCUT2D eigenvalue weighted by molar-refractivity contribution is 7.72. The lowest BCUT2D eigenvalue weighted by atomic mass is 10.2. The van der Waals surface area contributed by atoms with Crippen LogP contribution in [0.1, 0.15) is 32.6 Å². The van der Waals surface area contributed by atoms with Crippen molar-refractivity contribution >= 4 is 15.2 Å². The van der Waals surface area contributed by atoms with Crippen molar-refractivity contribution in [3.63, 3.8) is 0 Å². The molecule has 0 heterocycles. The summed E-state index contributed by atoms with van der Waals surface area (Å²) in [6, 6.07) is 0. The van der Waals surface area contributed by atoms with Crippen LogP contribution in [0.2, 0.25) is 0 Å². The average molecular weight is 331 g/mol. The van der Waals surface area contributed by atoms with Gasteiger partial charge in [0.25, 0.3) is 5.08 Å². The van der Waals surface area contributed by atoms with Crippen LogP contribution in [0.25, 0.3) is 0 Å². The van der Waals surface area contributed by atoms with E-state index < -0.39 is 26.7 Å². The van der Waals surface area contributed by atoms with Gasteiger partial charge >= 0.3 is 15.2 Å². The molecule has 0 radical (unpaired) electrons. The van der Waals surface area contributed by atoms with Gasteiger partial charge in [0.15, 0.2) is 0 Å². The van der Waals surface area contributed by atoms with E-state index in [4.69, 9.17) is 19.6 Å². The van der Waals surface area contributed by atoms with Gasteiger partial charge < -0.3 is 30.0 Å². The molecule has 0 spiro atoms. The van der Waals surface area contributed by atoms with E-state index in [2.05, 4.69) is 11.9 Å². The van der Waals surface area contributed by atoms with Crippen LogP contribution < -0.4 is 5.32 Å². The average Bonchev–Trinajstić information content (AvgIpc) is 2.23. The van der Waals surface area contributed by atoms with Gasteiger partial charge in [0.05, 0.1) is 0 Å². The van der Waals surface area contributed by atoms with E-state index >= 15 is 0 Å². The van der Waals surface area contributed by atoms with Crippen LogP contribution in [0, 0.1) is 0 Å². The van der Waals surface area contributed by atoms with Crippen LogP contribution in [0.15, 0.2) is 12.2 Å². The second-order valence-electron chi connectivity index (χ2n) is 4.81. The maximum absolute atomic E-state index is 11.1. The molecule has 0 saturated heterocycles. The van der Waals surface area contributed by atoms with Crippen molar-refractivity contribution in [2.75, 3.05) is 13.1 Å². The van der Waals surface area contributed by atoms with Crippen molar-refractivity contribution in [2.24, 2.45) is 0 Å². The number of hydrogen-bond acceptors (Lipinski definition) is 4. The van der Waals surface area contributed by atoms with E-state index in [1.54, 1.807) is 0 Å². The Hall–Kier alpha value is -0.0400. The zero-order valence-corrected chi connectivity index (χ0v) is 13.2. The summed E-state index contributed by atoms with van der Waals surface area (Å²) in [5.41, 5.74) is 0.974. The first-order chi connectivity index (χ1) is 8.92. The third-order valence-electron chi connectivity index (χ3n) is 2.73. The highest BCUT2D eigenvalue weighted by Crippen LogP contribution is 2.69. The van der Waals surface area contributed by atoms with Crippen molar-refractivity contribution < 1.29 is 33.8 Å². The molecule has 0 unspecified atom stereocenters. The van der Waals surface area contributed by atoms with Crippen LogP contribution in [0.4, 0.5) is 0 Å². The summed E-state index contributed by atoms with van der Waals surface area (Å²) in [4.78, 5) is 35.7. The van der Waals surface area contributed by atoms with Crippen molar-refractivity contribution in [1.82, 2.24) is 5.32 Å². The van der Waals surface area contributed by atoms with E-state index in [1.165, 1.54) is 0 Å². The van der Waals surface area contributed by atoms with Crippen molar-refractivity contribution in [3.8, 4) is 0 Å². The zero-order valence-electron chi connectivity index (χ0n) is 11.4. The van der Waals surface area contributed by atoms with Gasteiger partial charge in [-0.05, 0) is 32.7 Å². The van der Waals surface area contributed by atoms with E-state index in [1.807, 2.05) is 6.92 Å². The second-order valence-corrected chi connectivity index (χ2v) is 8.82. The van der Waals surface area contributed by atoms with E-state index in [9.17, 15) is 14.2 Å². The molecule has 0 aliphatic heterocycles. The van der Waals surface area contributed by atoms with E-state index in [-0.39, 0.29) is 6.42 Å². The first-order valence-electron chi connectivity index (χ1n) is 6.10. The molecular formula is C10H23NO7P2. The molecule has 0 saturated carbocycles. The summed E-state index contributed by atoms with van der Waals surface area (Å²) in [5.74, 6) is 0. The number of hydrogen-bond donors (Lipinski definition) is 6. The highest BCUT2D eigenvalue weighted by atomic mass is 31.2. The van der Waals surface area contributed by atoms with Crippen LogP contribution in [-0.4, -0.2) is 42.9 Å². The van der Waals surface area contributed by atoms with Crippen LogP contribution >= 0.6 is 15.2 Å². The number of aliphatic hydroxyl groups is 1. The van der Waals surface area contributed by atoms with E-state index in [0.717, 1.165) is 5.57 Å². The first kappa shape index (κ1) is 20.0. The molecule has 8 nitrogen and oxygen atoms in total. The summed E-state index contributed by atoms with van der Waals surface area (Å²) in [5, 5.41) is 9.39. The van der Waals surface area contributed by atoms with Crippen molar-refractivity contribution in [2.45, 2.75) is 37.7 Å². The van der Waals surface area contributed by atoms with Crippen LogP contribution in [-0.2, 0) is 9.13 Å². The maximum atomic E-state index is 11.1. The largest absolute Gasteiger partial charge is 0.369 e. The molecule has 6 N–H and O–H groups in total. The summed E-state index contributed by atoms with van der Waals surface area (Å²) in [6.07, 6.45) is 0.584. The molecule has 0 aliphatic carbocycles. The topological polar surface area (TPSA) is 147 Å². The monoisotopic (exact) mass is 331 g/mol. The smallest absolute Gasteiger partial charge is 0.368 e. The molecule has 0 rings (SSSR count). The molecule has 0 fully saturated rings. The minimum Gasteiger partial charge on any atom is -0.368 e. The van der Waals surface area contributed by atoms with Gasteiger partial charge in [0, 0.05) is 6.54 Å². The molecule has 0 bridgehead atoms. The zero-order chi connectivity index (χ0) is 16.0. The van der Waals surface area contributed by atoms with Gasteiger partial charge in [-0.25, -0.2) is 0 Å². The third-order valence-corrected chi connectivity index (χ3v) is 6.60. The quantitative estimate of drug-likeness (QED) is 0.195. The lowest BCUT2D eigenvalue weighted by molar-refractivity contribution is 0.120. The van der Waals surface area contributed by atoms with Gasteiger partial charge in [-0.2, -0.15) is 0 Å². The number of nitrogens with one attached hydrogen (secondary N) is 1. The van der Waals surface area contributed by atoms with Gasteiger partial charge in [-0.3, -0.25) is 9.13 Å². The Morgan fingerprint density at radius 1 is 1.10 bits per heavy atom. The summed E-state index contributed by atoms with van der Waals surface area (Å²) < 4.78 is 22.1. The SMILES string of the molecule is C=C(C)CNCCCCCC(O)(P(=O)(O)O)P(=O)(O)O. The molecule has 0 aromatic carbocycles. The Bertz CT molecular complexity index is 392. The molecule has 0 aromatic heterocycles. The van der Waals surface area contributed by atoms with Gasteiger partial charge in [0.2, 0.25) is 0 Å². The normalized spacial score (nSPS) is 13.5. The Morgan fingerprint density at radius 3 is 2.00 bits per heavy atom. The Labute approximate surface area is 118 Å². The summed E-state index contributed by atoms with van der Waals surface area (Å²) in [7, 11) is -10.6. The molecule has 120 valence electrons. The van der Waals surface area contributed by atoms with Crippen LogP contribution in [0.3, 0.4) is 0 Å². The highest BCUT2D eigenvalue weighted by Gasteiger charge is 2.58. The second kappa shape index (κ2) is 7.82. The maximum Gasteiger partial charge on any atom is 0.369 e. The minimum atomic E-state index is -5.32. The summed E-state index contributed by atoms with van der Waals surface area (Å²) in [6.45, 7) is 6.89. The summed E-state index contributed by atoms with van der Waals surface area (Å²) >= 11 is 0. The molecule has 0 aliphatic rings. The van der Waals surface area contributed by atoms with Gasteiger partial charge in [-0.1, -0.05) is 18.6 Å².